The van der Waals surface area contributed by atoms with Crippen LogP contribution in [0.5, 0.6) is 0 Å². The Morgan fingerprint density at radius 3 is 1.79 bits per heavy atom. The Morgan fingerprint density at radius 1 is 0.737 bits per heavy atom. The Bertz CT molecular complexity index is 1340. The van der Waals surface area contributed by atoms with Gasteiger partial charge >= 0.3 is 5.97 Å². The van der Waals surface area contributed by atoms with Crippen LogP contribution in [0.15, 0.2) is 84.9 Å². The summed E-state index contributed by atoms with van der Waals surface area (Å²) in [6.45, 7) is 0. The number of imide groups is 1. The van der Waals surface area contributed by atoms with Crippen LogP contribution in [0.3, 0.4) is 0 Å². The van der Waals surface area contributed by atoms with Gasteiger partial charge in [-0.1, -0.05) is 60.7 Å². The highest BCUT2D eigenvalue weighted by Gasteiger charge is 2.55. The lowest BCUT2D eigenvalue weighted by molar-refractivity contribution is -0.270. The summed E-state index contributed by atoms with van der Waals surface area (Å²) >= 11 is 0. The third-order valence-electron chi connectivity index (χ3n) is 6.61. The average Bonchev–Trinajstić information content (AvgIpc) is 3.20. The zero-order chi connectivity index (χ0) is 27.0. The van der Waals surface area contributed by atoms with Crippen LogP contribution in [0, 0.1) is 0 Å². The molecule has 2 aliphatic rings. The number of benzene rings is 3. The van der Waals surface area contributed by atoms with Crippen LogP contribution in [0.1, 0.15) is 41.4 Å². The molecule has 10 heteroatoms. The minimum Gasteiger partial charge on any atom is -0.447 e. The van der Waals surface area contributed by atoms with Gasteiger partial charge in [-0.2, -0.15) is 0 Å². The highest BCUT2D eigenvalue weighted by Crippen LogP contribution is 2.33. The minimum atomic E-state index is -2.01. The number of fused-ring (bicyclic) bond motifs is 1. The second kappa shape index (κ2) is 10.3. The Kier molecular flexibility index (Phi) is 6.87. The number of ether oxygens (including phenoxy) is 2. The molecule has 3 N–H and O–H groups in total. The zero-order valence-electron chi connectivity index (χ0n) is 19.8. The van der Waals surface area contributed by atoms with E-state index in [4.69, 9.17) is 9.47 Å². The maximum absolute atomic E-state index is 13.4. The number of hydrogen-bond donors (Lipinski definition) is 3. The minimum absolute atomic E-state index is 0.0717. The molecule has 38 heavy (non-hydrogen) atoms. The fraction of sp³-hybridized carbons (Fsp3) is 0.214. The molecule has 2 heterocycles. The van der Waals surface area contributed by atoms with Crippen molar-refractivity contribution >= 4 is 23.6 Å². The molecule has 0 aliphatic carbocycles. The number of hydrogen-bond acceptors (Lipinski definition) is 9. The van der Waals surface area contributed by atoms with Gasteiger partial charge in [0.1, 0.15) is 24.4 Å². The van der Waals surface area contributed by atoms with Gasteiger partial charge in [0, 0.05) is 5.56 Å². The van der Waals surface area contributed by atoms with Gasteiger partial charge in [0.25, 0.3) is 11.8 Å². The third kappa shape index (κ3) is 4.39. The molecule has 194 valence electrons. The molecule has 5 rings (SSSR count). The topological polar surface area (TPSA) is 151 Å². The van der Waals surface area contributed by atoms with Crippen molar-refractivity contribution in [2.45, 2.75) is 36.7 Å². The molecule has 2 aliphatic heterocycles. The first kappa shape index (κ1) is 25.4. The summed E-state index contributed by atoms with van der Waals surface area (Å²) in [7, 11) is 0. The van der Waals surface area contributed by atoms with Crippen LogP contribution >= 0.6 is 0 Å². The first-order chi connectivity index (χ1) is 18.3. The third-order valence-corrected chi connectivity index (χ3v) is 6.61. The predicted molar refractivity (Wildman–Crippen MR) is 130 cm³/mol. The Morgan fingerprint density at radius 2 is 1.24 bits per heavy atom. The van der Waals surface area contributed by atoms with Gasteiger partial charge in [-0.15, -0.1) is 0 Å². The second-order valence-electron chi connectivity index (χ2n) is 8.91. The predicted octanol–water partition coefficient (Wildman–Crippen LogP) is 1.20. The first-order valence-corrected chi connectivity index (χ1v) is 11.8. The summed E-state index contributed by atoms with van der Waals surface area (Å²) in [6.07, 6.45) is -9.40. The summed E-state index contributed by atoms with van der Waals surface area (Å²) in [5.74, 6) is -3.22. The van der Waals surface area contributed by atoms with Gasteiger partial charge in [-0.3, -0.25) is 19.3 Å². The number of carbonyl (C=O) groups is 4. The number of amides is 2. The first-order valence-electron chi connectivity index (χ1n) is 11.8. The fourth-order valence-electron chi connectivity index (χ4n) is 4.69. The molecule has 10 nitrogen and oxygen atoms in total. The molecule has 6 atom stereocenters. The molecule has 1 unspecified atom stereocenters. The van der Waals surface area contributed by atoms with Gasteiger partial charge in [0.2, 0.25) is 5.78 Å². The van der Waals surface area contributed by atoms with E-state index in [9.17, 15) is 34.5 Å². The average molecular weight is 517 g/mol. The van der Waals surface area contributed by atoms with Crippen LogP contribution in [0.2, 0.25) is 0 Å². The normalized spacial score (nSPS) is 25.6. The van der Waals surface area contributed by atoms with Gasteiger partial charge in [0.15, 0.2) is 12.4 Å². The van der Waals surface area contributed by atoms with Crippen molar-refractivity contribution in [3.8, 4) is 0 Å². The van der Waals surface area contributed by atoms with Crippen molar-refractivity contribution in [1.82, 2.24) is 4.90 Å². The quantitative estimate of drug-likeness (QED) is 0.249. The molecule has 3 aromatic carbocycles. The summed E-state index contributed by atoms with van der Waals surface area (Å²) in [4.78, 5) is 52.8. The summed E-state index contributed by atoms with van der Waals surface area (Å²) in [5.41, 5.74) is 0.388. The van der Waals surface area contributed by atoms with Gasteiger partial charge in [-0.05, 0) is 24.3 Å². The highest BCUT2D eigenvalue weighted by molar-refractivity contribution is 6.21. The number of rotatable bonds is 6. The number of aliphatic hydroxyl groups excluding tert-OH is 3. The van der Waals surface area contributed by atoms with Crippen LogP contribution < -0.4 is 0 Å². The van der Waals surface area contributed by atoms with E-state index >= 15 is 0 Å². The van der Waals surface area contributed by atoms with E-state index in [1.165, 1.54) is 36.4 Å². The van der Waals surface area contributed by atoms with E-state index in [0.717, 1.165) is 0 Å². The molecule has 0 saturated carbocycles. The second-order valence-corrected chi connectivity index (χ2v) is 8.91. The maximum atomic E-state index is 13.4. The van der Waals surface area contributed by atoms with Gasteiger partial charge in [-0.25, -0.2) is 4.79 Å². The number of ketones is 1. The number of Topliss-reactive ketones (excluding diaryl/α,β-unsaturated/α-hetero) is 1. The van der Waals surface area contributed by atoms with Crippen LogP contribution in [0.25, 0.3) is 0 Å². The zero-order valence-corrected chi connectivity index (χ0v) is 19.8. The lowest BCUT2D eigenvalue weighted by Crippen LogP contribution is -2.67. The van der Waals surface area contributed by atoms with E-state index in [1.54, 1.807) is 48.5 Å². The number of esters is 1. The lowest BCUT2D eigenvalue weighted by atomic mass is 9.89. The Labute approximate surface area is 216 Å². The molecular formula is C28H23NO9. The van der Waals surface area contributed by atoms with E-state index < -0.39 is 60.3 Å². The smallest absolute Gasteiger partial charge is 0.338 e. The number of aliphatic hydroxyl groups is 3. The van der Waals surface area contributed by atoms with E-state index in [-0.39, 0.29) is 22.3 Å². The molecular weight excluding hydrogens is 494 g/mol. The number of nitrogens with zero attached hydrogens (tertiary/aromatic N) is 1. The molecule has 3 aromatic rings. The number of carbonyl (C=O) groups excluding carboxylic acids is 4. The lowest BCUT2D eigenvalue weighted by Gasteiger charge is -2.44. The van der Waals surface area contributed by atoms with Crippen molar-refractivity contribution in [3.05, 3.63) is 107 Å². The molecule has 1 fully saturated rings. The standard InChI is InChI=1S/C28H23NO9/c30-20(15-9-3-1-4-10-15)23(37-27(35)16-11-5-2-6-12-16)24-22(32)21(31)19(28(36)38-24)29-25(33)17-13-7-8-14-18(17)26(29)34/h1-14,19,21-24,28,31-32,36H/t19-,21+,22-,23?,24-,28-/m0/s1. The van der Waals surface area contributed by atoms with E-state index in [1.807, 2.05) is 0 Å². The van der Waals surface area contributed by atoms with Gasteiger partial charge < -0.3 is 24.8 Å². The Hall–Kier alpha value is -4.22. The van der Waals surface area contributed by atoms with E-state index in [2.05, 4.69) is 0 Å². The largest absolute Gasteiger partial charge is 0.447 e. The SMILES string of the molecule is O=C(OC(C(=O)c1ccccc1)[C@H]1O[C@H](O)[C@@H](N2C(=O)c3ccccc3C2=O)[C@@H](O)[C@@H]1O)c1ccccc1. The Balaban J connectivity index is 1.45. The molecule has 0 radical (unpaired) electrons. The van der Waals surface area contributed by atoms with Crippen molar-refractivity contribution in [2.24, 2.45) is 0 Å². The summed E-state index contributed by atoms with van der Waals surface area (Å²) in [5, 5.41) is 32.9. The molecule has 1 saturated heterocycles. The highest BCUT2D eigenvalue weighted by atomic mass is 16.6. The fourth-order valence-corrected chi connectivity index (χ4v) is 4.69. The van der Waals surface area contributed by atoms with Crippen molar-refractivity contribution in [2.75, 3.05) is 0 Å². The van der Waals surface area contributed by atoms with Crippen LogP contribution in [-0.2, 0) is 9.47 Å². The van der Waals surface area contributed by atoms with Crippen LogP contribution in [0.4, 0.5) is 0 Å². The summed E-state index contributed by atoms with van der Waals surface area (Å²) < 4.78 is 11.0. The maximum Gasteiger partial charge on any atom is 0.338 e. The van der Waals surface area contributed by atoms with Crippen molar-refractivity contribution in [3.63, 3.8) is 0 Å². The van der Waals surface area contributed by atoms with E-state index in [0.29, 0.717) is 4.90 Å². The molecule has 2 amide bonds. The molecule has 0 bridgehead atoms. The van der Waals surface area contributed by atoms with Crippen LogP contribution in [-0.4, -0.2) is 80.5 Å². The van der Waals surface area contributed by atoms with Crippen molar-refractivity contribution < 1.29 is 44.0 Å². The molecule has 0 aromatic heterocycles. The van der Waals surface area contributed by atoms with Crippen molar-refractivity contribution in [1.29, 1.82) is 0 Å². The molecule has 0 spiro atoms. The van der Waals surface area contributed by atoms with Gasteiger partial charge in [0.05, 0.1) is 16.7 Å². The summed E-state index contributed by atoms with van der Waals surface area (Å²) in [6, 6.07) is 19.9. The monoisotopic (exact) mass is 517 g/mol.